The van der Waals surface area contributed by atoms with Crippen molar-refractivity contribution in [2.24, 2.45) is 0 Å². The van der Waals surface area contributed by atoms with E-state index in [4.69, 9.17) is 4.18 Å². The number of anilines is 1. The molecule has 0 unspecified atom stereocenters. The molecule has 1 amide bonds. The molecule has 1 aliphatic rings. The Kier molecular flexibility index (Phi) is 8.47. The lowest BCUT2D eigenvalue weighted by Crippen LogP contribution is -2.54. The maximum absolute atomic E-state index is 15.9. The molecule has 236 valence electrons. The molecule has 45 heavy (non-hydrogen) atoms. The zero-order valence-corrected chi connectivity index (χ0v) is 25.8. The van der Waals surface area contributed by atoms with Crippen molar-refractivity contribution < 1.29 is 31.3 Å². The van der Waals surface area contributed by atoms with Crippen molar-refractivity contribution in [3.05, 3.63) is 82.8 Å². The molecule has 2 aromatic heterocycles. The number of fused-ring (bicyclic) bond motifs is 1. The van der Waals surface area contributed by atoms with Crippen molar-refractivity contribution in [3.63, 3.8) is 0 Å². The van der Waals surface area contributed by atoms with Crippen molar-refractivity contribution >= 4 is 32.9 Å². The highest BCUT2D eigenvalue weighted by Crippen LogP contribution is 2.37. The van der Waals surface area contributed by atoms with Crippen LogP contribution in [0.2, 0.25) is 0 Å². The number of aromatic hydroxyl groups is 1. The summed E-state index contributed by atoms with van der Waals surface area (Å²) < 4.78 is 63.8. The molecular weight excluding hydrogens is 608 g/mol. The Morgan fingerprint density at radius 1 is 1.13 bits per heavy atom. The van der Waals surface area contributed by atoms with Crippen LogP contribution in [0.1, 0.15) is 26.3 Å². The second kappa shape index (κ2) is 12.0. The smallest absolute Gasteiger partial charge is 0.355 e. The summed E-state index contributed by atoms with van der Waals surface area (Å²) in [5.74, 6) is -2.81. The van der Waals surface area contributed by atoms with Crippen LogP contribution in [0.5, 0.6) is 5.75 Å². The summed E-state index contributed by atoms with van der Waals surface area (Å²) >= 11 is 0. The third-order valence-corrected chi connectivity index (χ3v) is 8.93. The van der Waals surface area contributed by atoms with Gasteiger partial charge in [0.05, 0.1) is 22.7 Å². The summed E-state index contributed by atoms with van der Waals surface area (Å²) in [6.45, 7) is 10.7. The Labute approximate surface area is 258 Å². The summed E-state index contributed by atoms with van der Waals surface area (Å²) in [6.07, 6.45) is 0.473. The average Bonchev–Trinajstić information content (AvgIpc) is 2.96. The van der Waals surface area contributed by atoms with Gasteiger partial charge in [-0.1, -0.05) is 24.8 Å². The lowest BCUT2D eigenvalue weighted by Gasteiger charge is -2.40. The first-order valence-corrected chi connectivity index (χ1v) is 15.5. The standard InChI is InChI=1S/C31H31F2N5O6S/c1-6-25(40)36-13-14-37(19(5)16-36)29-20-15-22(33)27(26-21(32)10-8-11-23(26)39)34-30(20)38(31(41)35-29)28-18(4)9-7-12-24(28)45(42,43)44-17(2)3/h6-12,15,17,19,39H,1,13-14,16H2,2-5H3/t19-/m0/s1. The molecule has 1 N–H and O–H groups in total. The number of aryl methyl sites for hydroxylation is 1. The first-order chi connectivity index (χ1) is 21.2. The Morgan fingerprint density at radius 2 is 1.84 bits per heavy atom. The number of nitrogens with zero attached hydrogens (tertiary/aromatic N) is 5. The molecule has 3 heterocycles. The number of piperazine rings is 1. The van der Waals surface area contributed by atoms with Crippen LogP contribution in [0.3, 0.4) is 0 Å². The van der Waals surface area contributed by atoms with Crippen LogP contribution < -0.4 is 10.6 Å². The van der Waals surface area contributed by atoms with Crippen molar-refractivity contribution in [2.75, 3.05) is 24.5 Å². The van der Waals surface area contributed by atoms with Gasteiger partial charge in [0, 0.05) is 25.7 Å². The Hall–Kier alpha value is -4.69. The number of carbonyl (C=O) groups excluding carboxylic acids is 1. The summed E-state index contributed by atoms with van der Waals surface area (Å²) in [5.41, 5.74) is -2.14. The van der Waals surface area contributed by atoms with E-state index < -0.39 is 50.6 Å². The van der Waals surface area contributed by atoms with Gasteiger partial charge < -0.3 is 14.9 Å². The van der Waals surface area contributed by atoms with E-state index in [-0.39, 0.29) is 59.0 Å². The van der Waals surface area contributed by atoms with Crippen LogP contribution in [0.4, 0.5) is 14.6 Å². The maximum atomic E-state index is 15.9. The number of phenols is 1. The first kappa shape index (κ1) is 31.7. The van der Waals surface area contributed by atoms with E-state index in [1.165, 1.54) is 38.1 Å². The molecule has 2 aromatic carbocycles. The molecule has 0 radical (unpaired) electrons. The number of rotatable bonds is 7. The third-order valence-electron chi connectivity index (χ3n) is 7.43. The molecule has 14 heteroatoms. The zero-order valence-electron chi connectivity index (χ0n) is 25.0. The minimum absolute atomic E-state index is 0.0124. The molecule has 0 saturated carbocycles. The van der Waals surface area contributed by atoms with Crippen LogP contribution in [0.15, 0.2) is 64.8 Å². The highest BCUT2D eigenvalue weighted by atomic mass is 32.2. The van der Waals surface area contributed by atoms with Gasteiger partial charge in [0.25, 0.3) is 10.1 Å². The van der Waals surface area contributed by atoms with Crippen molar-refractivity contribution in [2.45, 2.75) is 44.7 Å². The van der Waals surface area contributed by atoms with Crippen LogP contribution in [0, 0.1) is 18.6 Å². The number of hydrogen-bond donors (Lipinski definition) is 1. The number of halogens is 2. The highest BCUT2D eigenvalue weighted by Gasteiger charge is 2.32. The highest BCUT2D eigenvalue weighted by molar-refractivity contribution is 7.87. The predicted octanol–water partition coefficient (Wildman–Crippen LogP) is 4.08. The van der Waals surface area contributed by atoms with Crippen LogP contribution in [0.25, 0.3) is 28.0 Å². The number of amides is 1. The number of phenolic OH excluding ortho intramolecular Hbond substituents is 1. The summed E-state index contributed by atoms with van der Waals surface area (Å²) in [4.78, 5) is 37.9. The van der Waals surface area contributed by atoms with Crippen molar-refractivity contribution in [3.8, 4) is 22.7 Å². The normalized spacial score (nSPS) is 15.6. The fraction of sp³-hybridized carbons (Fsp3) is 0.290. The van der Waals surface area contributed by atoms with E-state index >= 15 is 4.39 Å². The lowest BCUT2D eigenvalue weighted by molar-refractivity contribution is -0.126. The van der Waals surface area contributed by atoms with Gasteiger partial charge in [-0.15, -0.1) is 0 Å². The van der Waals surface area contributed by atoms with Gasteiger partial charge in [-0.3, -0.25) is 8.98 Å². The minimum atomic E-state index is -4.43. The van der Waals surface area contributed by atoms with Gasteiger partial charge in [0.1, 0.15) is 28.0 Å². The Bertz CT molecular complexity index is 1990. The third kappa shape index (κ3) is 5.78. The fourth-order valence-electron chi connectivity index (χ4n) is 5.48. The SMILES string of the molecule is C=CC(=O)N1CCN(c2nc(=O)n(-c3c(C)cccc3S(=O)(=O)OC(C)C)c3nc(-c4c(O)cccc4F)c(F)cc23)[C@@H](C)C1. The molecule has 5 rings (SSSR count). The first-order valence-electron chi connectivity index (χ1n) is 14.1. The van der Waals surface area contributed by atoms with Crippen LogP contribution in [-0.2, 0) is 19.1 Å². The number of benzene rings is 2. The molecule has 0 aliphatic carbocycles. The molecule has 11 nitrogen and oxygen atoms in total. The number of aromatic nitrogens is 3. The largest absolute Gasteiger partial charge is 0.507 e. The lowest BCUT2D eigenvalue weighted by atomic mass is 10.1. The molecule has 1 saturated heterocycles. The van der Waals surface area contributed by atoms with E-state index in [1.54, 1.807) is 29.7 Å². The minimum Gasteiger partial charge on any atom is -0.507 e. The van der Waals surface area contributed by atoms with Crippen LogP contribution >= 0.6 is 0 Å². The van der Waals surface area contributed by atoms with Gasteiger partial charge in [-0.2, -0.15) is 13.4 Å². The summed E-state index contributed by atoms with van der Waals surface area (Å²) in [5, 5.41) is 10.5. The van der Waals surface area contributed by atoms with E-state index in [9.17, 15) is 27.5 Å². The molecule has 1 atom stereocenters. The molecule has 0 bridgehead atoms. The quantitative estimate of drug-likeness (QED) is 0.235. The zero-order chi connectivity index (χ0) is 32.8. The van der Waals surface area contributed by atoms with Crippen molar-refractivity contribution in [1.29, 1.82) is 0 Å². The number of carbonyl (C=O) groups is 1. The van der Waals surface area contributed by atoms with E-state index in [2.05, 4.69) is 16.5 Å². The number of para-hydroxylation sites is 1. The number of pyridine rings is 1. The average molecular weight is 640 g/mol. The van der Waals surface area contributed by atoms with E-state index in [1.807, 2.05) is 0 Å². The monoisotopic (exact) mass is 639 g/mol. The van der Waals surface area contributed by atoms with Gasteiger partial charge in [-0.05, 0) is 63.6 Å². The second-order valence-corrected chi connectivity index (χ2v) is 12.5. The predicted molar refractivity (Wildman–Crippen MR) is 164 cm³/mol. The van der Waals surface area contributed by atoms with Gasteiger partial charge in [-0.25, -0.2) is 23.1 Å². The maximum Gasteiger partial charge on any atom is 0.355 e. The number of hydrogen-bond acceptors (Lipinski definition) is 9. The van der Waals surface area contributed by atoms with Gasteiger partial charge in [0.2, 0.25) is 5.91 Å². The second-order valence-electron chi connectivity index (χ2n) is 10.9. The van der Waals surface area contributed by atoms with E-state index in [0.29, 0.717) is 5.56 Å². The molecule has 0 spiro atoms. The van der Waals surface area contributed by atoms with Gasteiger partial charge >= 0.3 is 5.69 Å². The molecule has 1 fully saturated rings. The van der Waals surface area contributed by atoms with Gasteiger partial charge in [0.15, 0.2) is 11.5 Å². The summed E-state index contributed by atoms with van der Waals surface area (Å²) in [6, 6.07) is 8.36. The van der Waals surface area contributed by atoms with Crippen molar-refractivity contribution in [1.82, 2.24) is 19.4 Å². The fourth-order valence-corrected chi connectivity index (χ4v) is 6.82. The Balaban J connectivity index is 1.86. The Morgan fingerprint density at radius 3 is 2.49 bits per heavy atom. The molecule has 1 aliphatic heterocycles. The topological polar surface area (TPSA) is 135 Å². The van der Waals surface area contributed by atoms with E-state index in [0.717, 1.165) is 22.8 Å². The molecular formula is C31H31F2N5O6S. The summed E-state index contributed by atoms with van der Waals surface area (Å²) in [7, 11) is -4.43. The molecule has 4 aromatic rings. The van der Waals surface area contributed by atoms with Crippen LogP contribution in [-0.4, -0.2) is 70.6 Å².